The largest absolute Gasteiger partial charge is 0.753 e. The Morgan fingerprint density at radius 3 is 1.00 bits per heavy atom. The number of rotatable bonds is 0. The van der Waals surface area contributed by atoms with Crippen LogP contribution < -0.4 is 0 Å². The van der Waals surface area contributed by atoms with Gasteiger partial charge < -0.3 is 35.1 Å². The van der Waals surface area contributed by atoms with Gasteiger partial charge in [-0.05, 0) is 0 Å². The van der Waals surface area contributed by atoms with E-state index in [1.54, 1.807) is 0 Å². The zero-order valence-corrected chi connectivity index (χ0v) is 8.14. The van der Waals surface area contributed by atoms with Gasteiger partial charge in [-0.25, -0.2) is 0 Å². The van der Waals surface area contributed by atoms with E-state index in [1.807, 2.05) is 0 Å². The first kappa shape index (κ1) is 79.0. The van der Waals surface area contributed by atoms with Crippen LogP contribution in [0, 0.1) is 29.7 Å². The minimum atomic E-state index is 0. The number of hydrogen-bond donors (Lipinski definition) is 0. The minimum absolute atomic E-state index is 0. The first-order valence-corrected chi connectivity index (χ1v) is 0.836. The van der Waals surface area contributed by atoms with Crippen LogP contribution in [-0.2, 0) is 19.5 Å². The summed E-state index contributed by atoms with van der Waals surface area (Å²) in [6.07, 6.45) is 0. The molecule has 0 atom stereocenters. The molecule has 0 bridgehead atoms. The van der Waals surface area contributed by atoms with Crippen LogP contribution in [0.4, 0.5) is 0 Å². The van der Waals surface area contributed by atoms with Gasteiger partial charge in [-0.2, -0.15) is 5.16 Å². The maximum atomic E-state index is 7.13. The van der Waals surface area contributed by atoms with Gasteiger partial charge in [-0.1, -0.05) is 12.2 Å². The van der Waals surface area contributed by atoms with Gasteiger partial charge in [0.15, 0.2) is 0 Å². The predicted molar refractivity (Wildman–Crippen MR) is 41.6 cm³/mol. The molecule has 0 aliphatic carbocycles. The summed E-state index contributed by atoms with van der Waals surface area (Å²) < 4.78 is 0. The third-order valence-corrected chi connectivity index (χ3v) is 0. The first-order valence-electron chi connectivity index (χ1n) is 0.428. The van der Waals surface area contributed by atoms with Crippen LogP contribution in [-0.4, -0.2) is 5.16 Å². The molecule has 0 unspecified atom stereocenters. The molecule has 0 spiro atoms. The quantitative estimate of drug-likeness (QED) is 0.266. The summed E-state index contributed by atoms with van der Waals surface area (Å²) in [4.78, 5) is 0. The summed E-state index contributed by atoms with van der Waals surface area (Å²) in [5.74, 6) is 0. The summed E-state index contributed by atoms with van der Waals surface area (Å²) in [7, 11) is 0. The van der Waals surface area contributed by atoms with Crippen molar-refractivity contribution >= 4 is 17.4 Å². The Hall–Kier alpha value is 0.423. The fraction of sp³-hybridized carbons (Fsp3) is 0. The van der Waals surface area contributed by atoms with Gasteiger partial charge >= 0.3 is 0 Å². The Morgan fingerprint density at radius 1 is 1.00 bits per heavy atom. The van der Waals surface area contributed by atoms with Crippen molar-refractivity contribution in [1.82, 2.24) is 0 Å². The van der Waals surface area contributed by atoms with Crippen LogP contribution >= 0.6 is 12.2 Å². The molecule has 1 radical (unpaired) electrons. The number of thiocarbonyl (C=S) groups is 1. The van der Waals surface area contributed by atoms with E-state index in [9.17, 15) is 0 Å². The average Bonchev–Trinajstić information content (AvgIpc) is 0.918. The van der Waals surface area contributed by atoms with Gasteiger partial charge in [0.1, 0.15) is 0 Å². The number of nitrogens with zero attached hydrogens (tertiary/aromatic N) is 1. The maximum Gasteiger partial charge on any atom is 0 e. The van der Waals surface area contributed by atoms with Gasteiger partial charge in [0, 0.05) is 19.5 Å². The second-order valence-corrected chi connectivity index (χ2v) is 0.274. The van der Waals surface area contributed by atoms with E-state index in [2.05, 4.69) is 12.2 Å². The molecular formula is C5H12NRhS-5. The molecular weight excluding hydrogens is 209 g/mol. The predicted octanol–water partition coefficient (Wildman–Crippen LogP) is 2.46. The smallest absolute Gasteiger partial charge is 0 e. The first-order chi connectivity index (χ1) is 1.41. The molecule has 0 heterocycles. The fourth-order valence-corrected chi connectivity index (χ4v) is 0. The van der Waals surface area contributed by atoms with Gasteiger partial charge in [-0.3, -0.25) is 0 Å². The zero-order valence-electron chi connectivity index (χ0n) is 5.69. The topological polar surface area (TPSA) is 22.3 Å². The molecule has 0 aliphatic heterocycles. The third-order valence-electron chi connectivity index (χ3n) is 0. The third kappa shape index (κ3) is 1050. The molecule has 0 fully saturated rings. The Bertz CT molecular complexity index is 33.4. The Kier molecular flexibility index (Phi) is 1490. The van der Waals surface area contributed by atoms with Gasteiger partial charge in [0.2, 0.25) is 0 Å². The molecule has 0 rings (SSSR count). The Labute approximate surface area is 72.1 Å². The standard InChI is InChI=1S/CNS.4CH3.Rh/c2-1-3;;;;;/h;4*1H3;/q5*-1;. The molecule has 0 aromatic heterocycles. The Morgan fingerprint density at radius 2 is 1.00 bits per heavy atom. The Balaban J connectivity index is -0.00000000200. The van der Waals surface area contributed by atoms with Crippen LogP contribution in [0.2, 0.25) is 0 Å². The second-order valence-electron chi connectivity index (χ2n) is 0.0913. The van der Waals surface area contributed by atoms with Crippen molar-refractivity contribution in [1.29, 1.82) is 0 Å². The van der Waals surface area contributed by atoms with E-state index in [0.717, 1.165) is 0 Å². The average molecular weight is 221 g/mol. The van der Waals surface area contributed by atoms with Crippen LogP contribution in [0.1, 0.15) is 0 Å². The number of isothiocyanates is 1. The molecule has 0 amide bonds. The van der Waals surface area contributed by atoms with Crippen molar-refractivity contribution in [3.05, 3.63) is 35.1 Å². The summed E-state index contributed by atoms with van der Waals surface area (Å²) in [6.45, 7) is 0. The summed E-state index contributed by atoms with van der Waals surface area (Å²) >= 11 is 3.70. The fourth-order valence-electron chi connectivity index (χ4n) is 0. The van der Waals surface area contributed by atoms with E-state index in [0.29, 0.717) is 0 Å². The van der Waals surface area contributed by atoms with Crippen molar-refractivity contribution in [2.24, 2.45) is 0 Å². The summed E-state index contributed by atoms with van der Waals surface area (Å²) in [6, 6.07) is 0. The van der Waals surface area contributed by atoms with E-state index < -0.39 is 0 Å². The minimum Gasteiger partial charge on any atom is -0.753 e. The zero-order chi connectivity index (χ0) is 2.71. The van der Waals surface area contributed by atoms with Crippen molar-refractivity contribution in [2.45, 2.75) is 0 Å². The van der Waals surface area contributed by atoms with Crippen molar-refractivity contribution in [3.8, 4) is 0 Å². The van der Waals surface area contributed by atoms with Gasteiger partial charge in [0.25, 0.3) is 0 Å². The molecule has 0 aromatic carbocycles. The SMILES string of the molecule is [CH3-].[CH3-].[CH3-].[CH3-].[N-]=C=S.[Rh]. The molecule has 0 N–H and O–H groups in total. The van der Waals surface area contributed by atoms with Crippen LogP contribution in [0.5, 0.6) is 0 Å². The van der Waals surface area contributed by atoms with E-state index in [1.165, 1.54) is 5.16 Å². The summed E-state index contributed by atoms with van der Waals surface area (Å²) in [5.41, 5.74) is 0. The maximum absolute atomic E-state index is 7.13. The van der Waals surface area contributed by atoms with E-state index in [-0.39, 0.29) is 49.2 Å². The number of hydrogen-bond acceptors (Lipinski definition) is 1. The molecule has 0 aliphatic rings. The van der Waals surface area contributed by atoms with Crippen molar-refractivity contribution in [3.63, 3.8) is 0 Å². The van der Waals surface area contributed by atoms with E-state index in [4.69, 9.17) is 5.41 Å². The normalized spacial score (nSPS) is 1.00. The van der Waals surface area contributed by atoms with Crippen molar-refractivity contribution < 1.29 is 19.5 Å². The molecule has 0 saturated heterocycles. The molecule has 0 saturated carbocycles. The van der Waals surface area contributed by atoms with Gasteiger partial charge in [-0.15, -0.1) is 0 Å². The van der Waals surface area contributed by atoms with Crippen molar-refractivity contribution in [2.75, 3.05) is 0 Å². The van der Waals surface area contributed by atoms with E-state index >= 15 is 0 Å². The molecule has 1 nitrogen and oxygen atoms in total. The van der Waals surface area contributed by atoms with Gasteiger partial charge in [0.05, 0.1) is 0 Å². The summed E-state index contributed by atoms with van der Waals surface area (Å²) in [5, 5.41) is 8.47. The molecule has 8 heavy (non-hydrogen) atoms. The molecule has 3 heteroatoms. The molecule has 57 valence electrons. The van der Waals surface area contributed by atoms with Crippen LogP contribution in [0.25, 0.3) is 5.41 Å². The molecule has 0 aromatic rings. The second kappa shape index (κ2) is 151. The van der Waals surface area contributed by atoms with Crippen LogP contribution in [0.3, 0.4) is 0 Å². The monoisotopic (exact) mass is 221 g/mol. The van der Waals surface area contributed by atoms with Crippen LogP contribution in [0.15, 0.2) is 0 Å².